The monoisotopic (exact) mass is 548 g/mol. The Balaban J connectivity index is 0.00000289. The van der Waals surface area contributed by atoms with Crippen molar-refractivity contribution >= 4 is 41.5 Å². The van der Waals surface area contributed by atoms with Crippen LogP contribution < -0.4 is 25.4 Å². The number of carbonyl (C=O) groups excluding carboxylic acids is 1. The smallest absolute Gasteiger partial charge is 0.291 e. The van der Waals surface area contributed by atoms with Gasteiger partial charge in [-0.2, -0.15) is 0 Å². The lowest BCUT2D eigenvalue weighted by Crippen LogP contribution is -2.36. The van der Waals surface area contributed by atoms with Crippen molar-refractivity contribution in [2.24, 2.45) is 4.99 Å². The number of carbonyl (C=O) groups is 1. The summed E-state index contributed by atoms with van der Waals surface area (Å²) in [6, 6.07) is 16.7. The van der Waals surface area contributed by atoms with Crippen LogP contribution in [0.4, 0.5) is 5.69 Å². The van der Waals surface area contributed by atoms with Crippen LogP contribution in [0.3, 0.4) is 0 Å². The van der Waals surface area contributed by atoms with E-state index in [0.29, 0.717) is 24.7 Å². The molecule has 0 saturated carbocycles. The van der Waals surface area contributed by atoms with E-state index in [2.05, 4.69) is 20.9 Å². The molecule has 0 radical (unpaired) electrons. The maximum atomic E-state index is 12.2. The lowest BCUT2D eigenvalue weighted by atomic mass is 10.2. The number of ether oxygens (including phenoxy) is 2. The quantitative estimate of drug-likeness (QED) is 0.234. The second-order valence-electron chi connectivity index (χ2n) is 6.87. The minimum Gasteiger partial charge on any atom is -0.459 e. The van der Waals surface area contributed by atoms with Crippen LogP contribution in [0.15, 0.2) is 70.3 Å². The topological polar surface area (TPSA) is 97.1 Å². The highest BCUT2D eigenvalue weighted by Crippen LogP contribution is 2.32. The zero-order valence-corrected chi connectivity index (χ0v) is 19.9. The molecule has 0 unspecified atom stereocenters. The number of anilines is 1. The third kappa shape index (κ3) is 6.16. The van der Waals surface area contributed by atoms with E-state index >= 15 is 0 Å². The van der Waals surface area contributed by atoms with Gasteiger partial charge in [0.05, 0.1) is 12.8 Å². The number of guanidine groups is 1. The normalized spacial score (nSPS) is 12.1. The average molecular weight is 548 g/mol. The van der Waals surface area contributed by atoms with Gasteiger partial charge < -0.3 is 29.8 Å². The van der Waals surface area contributed by atoms with Gasteiger partial charge in [-0.15, -0.1) is 24.0 Å². The van der Waals surface area contributed by atoms with Gasteiger partial charge in [-0.1, -0.05) is 18.2 Å². The second kappa shape index (κ2) is 11.4. The first kappa shape index (κ1) is 23.5. The molecule has 1 aromatic heterocycles. The standard InChI is InChI=1S/C23H24N4O4.HI/c1-2-24-23(26-14-17-8-9-19-21(12-17)31-15-30-19)25-13-16-5-3-6-18(11-16)27-22(28)20-7-4-10-29-20;/h3-12H,2,13-15H2,1H3,(H,27,28)(H2,24,25,26);1H. The summed E-state index contributed by atoms with van der Waals surface area (Å²) in [6.07, 6.45) is 1.47. The summed E-state index contributed by atoms with van der Waals surface area (Å²) >= 11 is 0. The molecule has 4 rings (SSSR count). The van der Waals surface area contributed by atoms with Crippen LogP contribution in [0.1, 0.15) is 28.6 Å². The summed E-state index contributed by atoms with van der Waals surface area (Å²) in [5.41, 5.74) is 2.72. The molecule has 1 aliphatic rings. The molecule has 8 nitrogen and oxygen atoms in total. The molecule has 0 spiro atoms. The number of amides is 1. The fourth-order valence-corrected chi connectivity index (χ4v) is 3.10. The van der Waals surface area contributed by atoms with Gasteiger partial charge >= 0.3 is 0 Å². The highest BCUT2D eigenvalue weighted by atomic mass is 127. The number of fused-ring (bicyclic) bond motifs is 1. The molecule has 3 N–H and O–H groups in total. The van der Waals surface area contributed by atoms with Crippen molar-refractivity contribution in [3.8, 4) is 11.5 Å². The first-order chi connectivity index (χ1) is 15.2. The Morgan fingerprint density at radius 1 is 1.00 bits per heavy atom. The lowest BCUT2D eigenvalue weighted by Gasteiger charge is -2.12. The number of furan rings is 1. The summed E-state index contributed by atoms with van der Waals surface area (Å²) in [4.78, 5) is 16.8. The molecule has 3 aromatic rings. The van der Waals surface area contributed by atoms with Crippen LogP contribution in [-0.4, -0.2) is 25.2 Å². The average Bonchev–Trinajstić information content (AvgIpc) is 3.48. The molecule has 32 heavy (non-hydrogen) atoms. The number of aliphatic imine (C=N–C) groups is 1. The second-order valence-corrected chi connectivity index (χ2v) is 6.87. The van der Waals surface area contributed by atoms with Crippen molar-refractivity contribution in [3.63, 3.8) is 0 Å². The number of nitrogens with one attached hydrogen (secondary N) is 3. The predicted octanol–water partition coefficient (Wildman–Crippen LogP) is 4.13. The van der Waals surface area contributed by atoms with Crippen LogP contribution in [0.2, 0.25) is 0 Å². The number of halogens is 1. The fraction of sp³-hybridized carbons (Fsp3) is 0.217. The lowest BCUT2D eigenvalue weighted by molar-refractivity contribution is 0.0996. The molecule has 1 amide bonds. The van der Waals surface area contributed by atoms with Crippen LogP contribution in [-0.2, 0) is 13.1 Å². The number of hydrogen-bond acceptors (Lipinski definition) is 5. The summed E-state index contributed by atoms with van der Waals surface area (Å²) < 4.78 is 15.9. The van der Waals surface area contributed by atoms with Gasteiger partial charge in [0.25, 0.3) is 5.91 Å². The van der Waals surface area contributed by atoms with Crippen LogP contribution in [0.5, 0.6) is 11.5 Å². The summed E-state index contributed by atoms with van der Waals surface area (Å²) in [5.74, 6) is 2.21. The third-order valence-electron chi connectivity index (χ3n) is 4.59. The van der Waals surface area contributed by atoms with Crippen molar-refractivity contribution in [2.75, 3.05) is 18.7 Å². The molecular formula is C23H25IN4O4. The fourth-order valence-electron chi connectivity index (χ4n) is 3.10. The molecule has 1 aliphatic heterocycles. The molecule has 0 saturated heterocycles. The first-order valence-electron chi connectivity index (χ1n) is 10.1. The molecule has 0 atom stereocenters. The van der Waals surface area contributed by atoms with E-state index in [4.69, 9.17) is 13.9 Å². The highest BCUT2D eigenvalue weighted by Gasteiger charge is 2.13. The largest absolute Gasteiger partial charge is 0.459 e. The number of benzene rings is 2. The zero-order valence-electron chi connectivity index (χ0n) is 17.6. The summed E-state index contributed by atoms with van der Waals surface area (Å²) in [5, 5.41) is 9.40. The van der Waals surface area contributed by atoms with Gasteiger partial charge in [0.15, 0.2) is 23.2 Å². The highest BCUT2D eigenvalue weighted by molar-refractivity contribution is 14.0. The molecule has 0 aliphatic carbocycles. The van der Waals surface area contributed by atoms with E-state index in [1.807, 2.05) is 49.4 Å². The molecule has 2 heterocycles. The van der Waals surface area contributed by atoms with Gasteiger partial charge in [0, 0.05) is 18.8 Å². The maximum absolute atomic E-state index is 12.2. The number of hydrogen-bond donors (Lipinski definition) is 3. The summed E-state index contributed by atoms with van der Waals surface area (Å²) in [6.45, 7) is 4.08. The van der Waals surface area contributed by atoms with E-state index in [1.165, 1.54) is 6.26 Å². The Morgan fingerprint density at radius 3 is 2.69 bits per heavy atom. The van der Waals surface area contributed by atoms with Crippen molar-refractivity contribution in [3.05, 3.63) is 77.7 Å². The van der Waals surface area contributed by atoms with Gasteiger partial charge in [-0.05, 0) is 54.4 Å². The van der Waals surface area contributed by atoms with Crippen LogP contribution in [0.25, 0.3) is 0 Å². The van der Waals surface area contributed by atoms with Crippen LogP contribution in [0, 0.1) is 0 Å². The van der Waals surface area contributed by atoms with E-state index in [9.17, 15) is 4.79 Å². The SMILES string of the molecule is CCNC(=NCc1cccc(NC(=O)c2ccco2)c1)NCc1ccc2c(c1)OCO2.I. The predicted molar refractivity (Wildman–Crippen MR) is 133 cm³/mol. The summed E-state index contributed by atoms with van der Waals surface area (Å²) in [7, 11) is 0. The molecule has 9 heteroatoms. The van der Waals surface area contributed by atoms with Gasteiger partial charge in [-0.3, -0.25) is 4.79 Å². The van der Waals surface area contributed by atoms with Crippen molar-refractivity contribution < 1.29 is 18.7 Å². The van der Waals surface area contributed by atoms with Crippen LogP contribution >= 0.6 is 24.0 Å². The Hall–Kier alpha value is -3.21. The zero-order chi connectivity index (χ0) is 21.5. The van der Waals surface area contributed by atoms with E-state index in [0.717, 1.165) is 29.2 Å². The first-order valence-corrected chi connectivity index (χ1v) is 10.1. The Labute approximate surface area is 203 Å². The van der Waals surface area contributed by atoms with Crippen molar-refractivity contribution in [1.82, 2.24) is 10.6 Å². The number of nitrogens with zero attached hydrogens (tertiary/aromatic N) is 1. The molecule has 0 bridgehead atoms. The van der Waals surface area contributed by atoms with Gasteiger partial charge in [0.1, 0.15) is 0 Å². The maximum Gasteiger partial charge on any atom is 0.291 e. The van der Waals surface area contributed by atoms with Crippen molar-refractivity contribution in [1.29, 1.82) is 0 Å². The number of rotatable bonds is 7. The minimum absolute atomic E-state index is 0. The van der Waals surface area contributed by atoms with E-state index < -0.39 is 0 Å². The Bertz CT molecular complexity index is 1070. The molecule has 0 fully saturated rings. The van der Waals surface area contributed by atoms with E-state index in [-0.39, 0.29) is 42.4 Å². The van der Waals surface area contributed by atoms with Gasteiger partial charge in [-0.25, -0.2) is 4.99 Å². The molecule has 2 aromatic carbocycles. The Morgan fingerprint density at radius 2 is 1.88 bits per heavy atom. The molecule has 168 valence electrons. The van der Waals surface area contributed by atoms with E-state index in [1.54, 1.807) is 12.1 Å². The third-order valence-corrected chi connectivity index (χ3v) is 4.59. The minimum atomic E-state index is -0.288. The van der Waals surface area contributed by atoms with Crippen molar-refractivity contribution in [2.45, 2.75) is 20.0 Å². The van der Waals surface area contributed by atoms with Gasteiger partial charge in [0.2, 0.25) is 6.79 Å². The Kier molecular flexibility index (Phi) is 8.37. The molecular weight excluding hydrogens is 523 g/mol.